The molecule has 0 atom stereocenters. The van der Waals surface area contributed by atoms with E-state index in [9.17, 15) is 18.0 Å². The van der Waals surface area contributed by atoms with Gasteiger partial charge in [-0.3, -0.25) is 5.32 Å². The SMILES string of the molecule is CC(C)(C)OC(=O)Nc1nc(C(F)(F)F)sc1I. The zero-order valence-corrected chi connectivity index (χ0v) is 12.7. The fourth-order valence-corrected chi connectivity index (χ4v) is 2.40. The number of amides is 1. The molecular weight excluding hydrogens is 384 g/mol. The quantitative estimate of drug-likeness (QED) is 0.730. The Kier molecular flexibility index (Phi) is 4.47. The van der Waals surface area contributed by atoms with Gasteiger partial charge in [0.05, 0.1) is 0 Å². The van der Waals surface area contributed by atoms with Gasteiger partial charge in [0.2, 0.25) is 5.01 Å². The monoisotopic (exact) mass is 394 g/mol. The summed E-state index contributed by atoms with van der Waals surface area (Å²) in [6.07, 6.45) is -5.35. The molecule has 1 heterocycles. The van der Waals surface area contributed by atoms with E-state index in [2.05, 4.69) is 10.3 Å². The minimum absolute atomic E-state index is 0.137. The number of carbonyl (C=O) groups is 1. The van der Waals surface area contributed by atoms with Crippen LogP contribution in [0.25, 0.3) is 0 Å². The second-order valence-electron chi connectivity index (χ2n) is 4.27. The third-order valence-corrected chi connectivity index (χ3v) is 3.51. The van der Waals surface area contributed by atoms with Crippen LogP contribution in [0.15, 0.2) is 0 Å². The molecule has 4 nitrogen and oxygen atoms in total. The van der Waals surface area contributed by atoms with Crippen LogP contribution in [-0.2, 0) is 10.9 Å². The van der Waals surface area contributed by atoms with Crippen LogP contribution < -0.4 is 5.32 Å². The molecule has 0 bridgehead atoms. The van der Waals surface area contributed by atoms with Crippen molar-refractivity contribution in [3.05, 3.63) is 7.89 Å². The number of alkyl halides is 3. The number of anilines is 1. The number of nitrogens with one attached hydrogen (secondary N) is 1. The topological polar surface area (TPSA) is 51.2 Å². The van der Waals surface area contributed by atoms with E-state index in [1.807, 2.05) is 0 Å². The summed E-state index contributed by atoms with van der Waals surface area (Å²) >= 11 is 2.14. The first kappa shape index (κ1) is 15.5. The molecule has 9 heteroatoms. The van der Waals surface area contributed by atoms with Crippen LogP contribution in [0, 0.1) is 2.88 Å². The van der Waals surface area contributed by atoms with E-state index in [0.717, 1.165) is 0 Å². The lowest BCUT2D eigenvalue weighted by Gasteiger charge is -2.19. The Morgan fingerprint density at radius 2 is 1.94 bits per heavy atom. The van der Waals surface area contributed by atoms with Crippen molar-refractivity contribution in [1.29, 1.82) is 0 Å². The Labute approximate surface area is 119 Å². The summed E-state index contributed by atoms with van der Waals surface area (Å²) in [5.41, 5.74) is -0.724. The average Bonchev–Trinajstić information content (AvgIpc) is 2.43. The first-order chi connectivity index (χ1) is 7.99. The molecule has 18 heavy (non-hydrogen) atoms. The third-order valence-electron chi connectivity index (χ3n) is 1.45. The first-order valence-corrected chi connectivity index (χ1v) is 6.62. The summed E-state index contributed by atoms with van der Waals surface area (Å²) in [4.78, 5) is 14.7. The Hall–Kier alpha value is -0.580. The maximum atomic E-state index is 12.4. The molecule has 1 rings (SSSR count). The molecular formula is C9H10F3IN2O2S. The second kappa shape index (κ2) is 5.19. The summed E-state index contributed by atoms with van der Waals surface area (Å²) in [5.74, 6) is -0.137. The lowest BCUT2D eigenvalue weighted by atomic mass is 10.2. The van der Waals surface area contributed by atoms with Crippen LogP contribution in [0.4, 0.5) is 23.8 Å². The van der Waals surface area contributed by atoms with Crippen molar-refractivity contribution in [2.45, 2.75) is 32.5 Å². The van der Waals surface area contributed by atoms with Crippen LogP contribution in [-0.4, -0.2) is 16.7 Å². The summed E-state index contributed by atoms with van der Waals surface area (Å²) in [6, 6.07) is 0. The third kappa shape index (κ3) is 4.59. The maximum Gasteiger partial charge on any atom is 0.443 e. The van der Waals surface area contributed by atoms with Gasteiger partial charge in [0.1, 0.15) is 8.48 Å². The maximum absolute atomic E-state index is 12.4. The zero-order valence-electron chi connectivity index (χ0n) is 9.68. The second-order valence-corrected chi connectivity index (χ2v) is 7.08. The van der Waals surface area contributed by atoms with Gasteiger partial charge >= 0.3 is 12.3 Å². The van der Waals surface area contributed by atoms with Gasteiger partial charge in [-0.25, -0.2) is 9.78 Å². The van der Waals surface area contributed by atoms with Crippen molar-refractivity contribution in [2.75, 3.05) is 5.32 Å². The number of ether oxygens (including phenoxy) is 1. The van der Waals surface area contributed by atoms with Gasteiger partial charge in [0.25, 0.3) is 0 Å². The predicted octanol–water partition coefficient (Wildman–Crippen LogP) is 4.11. The predicted molar refractivity (Wildman–Crippen MR) is 69.7 cm³/mol. The van der Waals surface area contributed by atoms with Crippen molar-refractivity contribution in [2.24, 2.45) is 0 Å². The molecule has 0 fully saturated rings. The van der Waals surface area contributed by atoms with Gasteiger partial charge in [0, 0.05) is 0 Å². The number of rotatable bonds is 1. The molecule has 1 aromatic heterocycles. The number of halogens is 4. The lowest BCUT2D eigenvalue weighted by Crippen LogP contribution is -2.27. The highest BCUT2D eigenvalue weighted by Crippen LogP contribution is 2.36. The van der Waals surface area contributed by atoms with Gasteiger partial charge in [0.15, 0.2) is 5.82 Å². The Morgan fingerprint density at radius 1 is 1.39 bits per heavy atom. The number of thiazole rings is 1. The minimum atomic E-state index is -4.52. The molecule has 1 aromatic rings. The molecule has 0 aliphatic rings. The number of aromatic nitrogens is 1. The van der Waals surface area contributed by atoms with Gasteiger partial charge in [-0.05, 0) is 43.4 Å². The highest BCUT2D eigenvalue weighted by molar-refractivity contribution is 14.1. The zero-order chi connectivity index (χ0) is 14.1. The Morgan fingerprint density at radius 3 is 2.33 bits per heavy atom. The van der Waals surface area contributed by atoms with Crippen LogP contribution in [0.5, 0.6) is 0 Å². The van der Waals surface area contributed by atoms with Crippen molar-refractivity contribution < 1.29 is 22.7 Å². The molecule has 1 N–H and O–H groups in total. The summed E-state index contributed by atoms with van der Waals surface area (Å²) in [5, 5.41) is 1.19. The Bertz CT molecular complexity index is 454. The minimum Gasteiger partial charge on any atom is -0.444 e. The van der Waals surface area contributed by atoms with Gasteiger partial charge in [-0.15, -0.1) is 11.3 Å². The number of carbonyl (C=O) groups excluding carboxylic acids is 1. The fourth-order valence-electron chi connectivity index (χ4n) is 0.900. The molecule has 102 valence electrons. The van der Waals surface area contributed by atoms with E-state index in [-0.39, 0.29) is 8.70 Å². The summed E-state index contributed by atoms with van der Waals surface area (Å²) in [7, 11) is 0. The summed E-state index contributed by atoms with van der Waals surface area (Å²) in [6.45, 7) is 4.96. The number of nitrogens with zero attached hydrogens (tertiary/aromatic N) is 1. The molecule has 1 amide bonds. The van der Waals surface area contributed by atoms with Crippen molar-refractivity contribution >= 4 is 45.8 Å². The van der Waals surface area contributed by atoms with Crippen molar-refractivity contribution in [3.8, 4) is 0 Å². The van der Waals surface area contributed by atoms with Crippen LogP contribution in [0.2, 0.25) is 0 Å². The highest BCUT2D eigenvalue weighted by Gasteiger charge is 2.36. The van der Waals surface area contributed by atoms with Crippen LogP contribution >= 0.6 is 33.9 Å². The highest BCUT2D eigenvalue weighted by atomic mass is 127. The molecule has 0 saturated heterocycles. The molecule has 0 aliphatic carbocycles. The first-order valence-electron chi connectivity index (χ1n) is 4.72. The number of hydrogen-bond donors (Lipinski definition) is 1. The van der Waals surface area contributed by atoms with E-state index in [1.54, 1.807) is 43.4 Å². The molecule has 0 radical (unpaired) electrons. The van der Waals surface area contributed by atoms with Crippen LogP contribution in [0.3, 0.4) is 0 Å². The molecule has 0 saturated carbocycles. The smallest absolute Gasteiger partial charge is 0.443 e. The van der Waals surface area contributed by atoms with Crippen molar-refractivity contribution in [3.63, 3.8) is 0 Å². The molecule has 0 aliphatic heterocycles. The fraction of sp³-hybridized carbons (Fsp3) is 0.556. The molecule has 0 aromatic carbocycles. The van der Waals surface area contributed by atoms with Gasteiger partial charge in [-0.2, -0.15) is 13.2 Å². The van der Waals surface area contributed by atoms with E-state index >= 15 is 0 Å². The van der Waals surface area contributed by atoms with Gasteiger partial charge < -0.3 is 4.74 Å². The average molecular weight is 394 g/mol. The van der Waals surface area contributed by atoms with E-state index in [0.29, 0.717) is 11.3 Å². The summed E-state index contributed by atoms with van der Waals surface area (Å²) < 4.78 is 42.3. The van der Waals surface area contributed by atoms with E-state index in [4.69, 9.17) is 4.74 Å². The van der Waals surface area contributed by atoms with Gasteiger partial charge in [-0.1, -0.05) is 0 Å². The largest absolute Gasteiger partial charge is 0.444 e. The normalized spacial score (nSPS) is 12.4. The van der Waals surface area contributed by atoms with Crippen LogP contribution in [0.1, 0.15) is 25.8 Å². The Balaban J connectivity index is 2.80. The standard InChI is InChI=1S/C9H10F3IN2O2S/c1-8(2,3)17-7(16)15-5-4(13)18-6(14-5)9(10,11)12/h1-3H3,(H,15,16). The lowest BCUT2D eigenvalue weighted by molar-refractivity contribution is -0.137. The molecule has 0 spiro atoms. The number of hydrogen-bond acceptors (Lipinski definition) is 4. The van der Waals surface area contributed by atoms with Crippen molar-refractivity contribution in [1.82, 2.24) is 4.98 Å². The van der Waals surface area contributed by atoms with E-state index in [1.165, 1.54) is 0 Å². The van der Waals surface area contributed by atoms with E-state index < -0.39 is 22.9 Å². The molecule has 0 unspecified atom stereocenters.